The van der Waals surface area contributed by atoms with Gasteiger partial charge in [-0.1, -0.05) is 152 Å². The van der Waals surface area contributed by atoms with Crippen LogP contribution in [0.3, 0.4) is 0 Å². The predicted molar refractivity (Wildman–Crippen MR) is 238 cm³/mol. The Balaban J connectivity index is 1.23. The largest absolute Gasteiger partial charge is 0.332 e. The van der Waals surface area contributed by atoms with E-state index in [9.17, 15) is 0 Å². The first-order valence-electron chi connectivity index (χ1n) is 18.9. The van der Waals surface area contributed by atoms with E-state index in [1.165, 1.54) is 53.2 Å². The van der Waals surface area contributed by atoms with E-state index in [4.69, 9.17) is 0 Å². The van der Waals surface area contributed by atoms with Crippen molar-refractivity contribution in [1.29, 1.82) is 0 Å². The molecule has 262 valence electrons. The van der Waals surface area contributed by atoms with E-state index >= 15 is 0 Å². The van der Waals surface area contributed by atoms with Gasteiger partial charge >= 0.3 is 0 Å². The van der Waals surface area contributed by atoms with Crippen LogP contribution < -0.4 is 9.80 Å². The topological polar surface area (TPSA) is 6.48 Å². The van der Waals surface area contributed by atoms with Gasteiger partial charge < -0.3 is 9.80 Å². The third kappa shape index (κ3) is 6.29. The number of thiophene rings is 1. The van der Waals surface area contributed by atoms with Gasteiger partial charge in [0.15, 0.2) is 0 Å². The number of allylic oxidation sites excluding steroid dienone is 2. The zero-order valence-electron chi connectivity index (χ0n) is 30.3. The van der Waals surface area contributed by atoms with Crippen molar-refractivity contribution in [1.82, 2.24) is 0 Å². The minimum atomic E-state index is 0.118. The molecule has 0 radical (unpaired) electrons. The van der Waals surface area contributed by atoms with Crippen LogP contribution in [0.1, 0.15) is 6.42 Å². The van der Waals surface area contributed by atoms with E-state index < -0.39 is 0 Å². The predicted octanol–water partition coefficient (Wildman–Crippen LogP) is 15.0. The summed E-state index contributed by atoms with van der Waals surface area (Å²) in [4.78, 5) is 5.00. The molecule has 3 heteroatoms. The summed E-state index contributed by atoms with van der Waals surface area (Å²) >= 11 is 1.88. The summed E-state index contributed by atoms with van der Waals surface area (Å²) in [5, 5.41) is 5.10. The molecule has 2 nitrogen and oxygen atoms in total. The summed E-state index contributed by atoms with van der Waals surface area (Å²) < 4.78 is 2.57. The first-order valence-corrected chi connectivity index (χ1v) is 19.8. The van der Waals surface area contributed by atoms with Gasteiger partial charge in [-0.05, 0) is 100 Å². The van der Waals surface area contributed by atoms with Crippen molar-refractivity contribution < 1.29 is 0 Å². The van der Waals surface area contributed by atoms with Gasteiger partial charge in [0.05, 0.1) is 17.4 Å². The van der Waals surface area contributed by atoms with E-state index in [0.29, 0.717) is 0 Å². The third-order valence-corrected chi connectivity index (χ3v) is 11.8. The molecule has 1 aliphatic carbocycles. The lowest BCUT2D eigenvalue weighted by Crippen LogP contribution is -2.31. The maximum atomic E-state index is 2.56. The second-order valence-electron chi connectivity index (χ2n) is 14.1. The Morgan fingerprint density at radius 1 is 0.418 bits per heavy atom. The minimum Gasteiger partial charge on any atom is -0.332 e. The fourth-order valence-electron chi connectivity index (χ4n) is 8.01. The molecule has 0 aliphatic heterocycles. The smallest absolute Gasteiger partial charge is 0.0713 e. The lowest BCUT2D eigenvalue weighted by molar-refractivity contribution is 0.785. The number of para-hydroxylation sites is 1. The van der Waals surface area contributed by atoms with E-state index in [0.717, 1.165) is 34.9 Å². The Morgan fingerprint density at radius 2 is 0.927 bits per heavy atom. The third-order valence-electron chi connectivity index (χ3n) is 10.7. The van der Waals surface area contributed by atoms with Crippen molar-refractivity contribution in [3.05, 3.63) is 212 Å². The maximum Gasteiger partial charge on any atom is 0.0713 e. The zero-order valence-corrected chi connectivity index (χ0v) is 31.1. The number of benzene rings is 8. The molecule has 1 aromatic heterocycles. The monoisotopic (exact) mass is 722 g/mol. The van der Waals surface area contributed by atoms with Gasteiger partial charge in [0.2, 0.25) is 0 Å². The van der Waals surface area contributed by atoms with E-state index in [-0.39, 0.29) is 6.04 Å². The van der Waals surface area contributed by atoms with Crippen LogP contribution in [-0.2, 0) is 0 Å². The lowest BCUT2D eigenvalue weighted by Gasteiger charge is -2.37. The van der Waals surface area contributed by atoms with Crippen molar-refractivity contribution >= 4 is 70.7 Å². The number of rotatable bonds is 8. The second-order valence-corrected chi connectivity index (χ2v) is 15.2. The highest BCUT2D eigenvalue weighted by molar-refractivity contribution is 7.26. The number of hydrogen-bond acceptors (Lipinski definition) is 3. The number of nitrogens with zero attached hydrogens (tertiary/aromatic N) is 2. The zero-order chi connectivity index (χ0) is 36.6. The Hall–Kier alpha value is -6.68. The molecule has 0 saturated carbocycles. The van der Waals surface area contributed by atoms with Crippen LogP contribution in [0.25, 0.3) is 53.2 Å². The van der Waals surface area contributed by atoms with Crippen LogP contribution in [-0.4, -0.2) is 6.04 Å². The van der Waals surface area contributed by atoms with Gasteiger partial charge in [0.1, 0.15) is 0 Å². The van der Waals surface area contributed by atoms with Crippen LogP contribution in [0, 0.1) is 0 Å². The molecular weight excluding hydrogens is 685 g/mol. The standard InChI is InChI=1S/C52H38N2S/c1-5-15-37(16-6-1)39-25-29-45(30-26-39)53(43-21-9-3-10-22-43)49-35-48-47-33-41-19-13-14-20-42(41)34-51(47)55-52(48)36-50(49)54(44-23-11-4-12-24-44)46-31-27-40(28-32-46)38-17-7-2-8-18-38/h1-21,23-36,43H,22H2. The van der Waals surface area contributed by atoms with Gasteiger partial charge in [0, 0.05) is 37.2 Å². The minimum absolute atomic E-state index is 0.118. The molecule has 0 fully saturated rings. The first kappa shape index (κ1) is 32.9. The molecule has 0 saturated heterocycles. The van der Waals surface area contributed by atoms with Gasteiger partial charge in [-0.2, -0.15) is 0 Å². The van der Waals surface area contributed by atoms with Crippen LogP contribution in [0.4, 0.5) is 28.4 Å². The van der Waals surface area contributed by atoms with Crippen LogP contribution in [0.2, 0.25) is 0 Å². The average Bonchev–Trinajstić information content (AvgIpc) is 3.61. The number of anilines is 5. The molecule has 1 aliphatic rings. The van der Waals surface area contributed by atoms with Crippen LogP contribution >= 0.6 is 11.3 Å². The summed E-state index contributed by atoms with van der Waals surface area (Å²) in [7, 11) is 0. The molecule has 55 heavy (non-hydrogen) atoms. The van der Waals surface area contributed by atoms with Crippen molar-refractivity contribution in [2.75, 3.05) is 9.80 Å². The second kappa shape index (κ2) is 14.3. The summed E-state index contributed by atoms with van der Waals surface area (Å²) in [5.74, 6) is 0. The highest BCUT2D eigenvalue weighted by Crippen LogP contribution is 2.49. The first-order chi connectivity index (χ1) is 27.3. The summed E-state index contributed by atoms with van der Waals surface area (Å²) in [6, 6.07) is 68.7. The van der Waals surface area contributed by atoms with Crippen molar-refractivity contribution in [2.45, 2.75) is 12.5 Å². The highest BCUT2D eigenvalue weighted by Gasteiger charge is 2.27. The molecule has 1 atom stereocenters. The van der Waals surface area contributed by atoms with Gasteiger partial charge in [0.25, 0.3) is 0 Å². The molecular formula is C52H38N2S. The summed E-state index contributed by atoms with van der Waals surface area (Å²) in [6.07, 6.45) is 9.90. The van der Waals surface area contributed by atoms with E-state index in [2.05, 4.69) is 222 Å². The molecule has 9 aromatic rings. The molecule has 0 N–H and O–H groups in total. The van der Waals surface area contributed by atoms with Crippen molar-refractivity contribution in [2.24, 2.45) is 0 Å². The van der Waals surface area contributed by atoms with Gasteiger partial charge in [-0.3, -0.25) is 0 Å². The Bertz CT molecular complexity index is 2820. The quantitative estimate of drug-likeness (QED) is 0.154. The van der Waals surface area contributed by atoms with Crippen molar-refractivity contribution in [3.63, 3.8) is 0 Å². The van der Waals surface area contributed by atoms with Crippen LogP contribution in [0.5, 0.6) is 0 Å². The molecule has 10 rings (SSSR count). The highest BCUT2D eigenvalue weighted by atomic mass is 32.1. The fourth-order valence-corrected chi connectivity index (χ4v) is 9.16. The number of hydrogen-bond donors (Lipinski definition) is 0. The summed E-state index contributed by atoms with van der Waals surface area (Å²) in [5.41, 5.74) is 10.5. The molecule has 1 heterocycles. The Labute approximate surface area is 326 Å². The maximum absolute atomic E-state index is 2.56. The van der Waals surface area contributed by atoms with E-state index in [1.54, 1.807) is 0 Å². The van der Waals surface area contributed by atoms with Crippen molar-refractivity contribution in [3.8, 4) is 22.3 Å². The molecule has 0 bridgehead atoms. The van der Waals surface area contributed by atoms with Gasteiger partial charge in [-0.25, -0.2) is 0 Å². The Morgan fingerprint density at radius 3 is 1.55 bits per heavy atom. The number of fused-ring (bicyclic) bond motifs is 4. The van der Waals surface area contributed by atoms with Gasteiger partial charge in [-0.15, -0.1) is 11.3 Å². The summed E-state index contributed by atoms with van der Waals surface area (Å²) in [6.45, 7) is 0. The van der Waals surface area contributed by atoms with Crippen LogP contribution in [0.15, 0.2) is 212 Å². The fraction of sp³-hybridized carbons (Fsp3) is 0.0385. The lowest BCUT2D eigenvalue weighted by atomic mass is 10.00. The Kier molecular flexibility index (Phi) is 8.55. The SMILES string of the molecule is C1=CCC(N(c2ccc(-c3ccccc3)cc2)c2cc3c(cc2N(c2ccccc2)c2ccc(-c4ccccc4)cc2)sc2cc4ccccc4cc23)C=C1. The molecule has 0 spiro atoms. The molecule has 0 amide bonds. The van der Waals surface area contributed by atoms with E-state index in [1.807, 2.05) is 11.3 Å². The average molecular weight is 723 g/mol. The molecule has 1 unspecified atom stereocenters. The molecule has 8 aromatic carbocycles. The normalized spacial score (nSPS) is 13.8.